The van der Waals surface area contributed by atoms with E-state index in [0.29, 0.717) is 19.6 Å². The molecule has 0 aliphatic carbocycles. The fraction of sp³-hybridized carbons (Fsp3) is 0.533. The molecular formula is C15H24N2O2. The molecule has 4 heteroatoms. The number of nitrogens with zero attached hydrogens (tertiary/aromatic N) is 1. The quantitative estimate of drug-likeness (QED) is 0.819. The van der Waals surface area contributed by atoms with E-state index in [2.05, 4.69) is 0 Å². The van der Waals surface area contributed by atoms with Crippen LogP contribution in [-0.4, -0.2) is 37.0 Å². The second-order valence-electron chi connectivity index (χ2n) is 4.99. The molecule has 106 valence electrons. The van der Waals surface area contributed by atoms with Crippen molar-refractivity contribution in [1.29, 1.82) is 0 Å². The molecule has 1 rings (SSSR count). The van der Waals surface area contributed by atoms with E-state index in [4.69, 9.17) is 10.5 Å². The van der Waals surface area contributed by atoms with Crippen LogP contribution in [0.3, 0.4) is 0 Å². The molecule has 0 aromatic heterocycles. The first kappa shape index (κ1) is 15.5. The molecule has 0 bridgehead atoms. The van der Waals surface area contributed by atoms with Gasteiger partial charge in [0.2, 0.25) is 5.91 Å². The van der Waals surface area contributed by atoms with Crippen molar-refractivity contribution in [3.8, 4) is 5.75 Å². The molecule has 0 heterocycles. The molecule has 1 unspecified atom stereocenters. The summed E-state index contributed by atoms with van der Waals surface area (Å²) in [6, 6.07) is 7.96. The molecule has 0 spiro atoms. The minimum Gasteiger partial charge on any atom is -0.492 e. The predicted octanol–water partition coefficient (Wildman–Crippen LogP) is 1.96. The fourth-order valence-electron chi connectivity index (χ4n) is 1.60. The summed E-state index contributed by atoms with van der Waals surface area (Å²) in [5, 5.41) is 0. The summed E-state index contributed by atoms with van der Waals surface area (Å²) in [5.74, 6) is 0.951. The largest absolute Gasteiger partial charge is 0.492 e. The minimum atomic E-state index is 0.0705. The number of likely N-dealkylation sites (N-methyl/N-ethyl adjacent to an activating group) is 1. The highest BCUT2D eigenvalue weighted by Crippen LogP contribution is 2.11. The summed E-state index contributed by atoms with van der Waals surface area (Å²) < 4.78 is 5.59. The Morgan fingerprint density at radius 3 is 2.58 bits per heavy atom. The predicted molar refractivity (Wildman–Crippen MR) is 77.2 cm³/mol. The highest BCUT2D eigenvalue weighted by atomic mass is 16.5. The van der Waals surface area contributed by atoms with Crippen molar-refractivity contribution < 1.29 is 9.53 Å². The lowest BCUT2D eigenvalue weighted by Crippen LogP contribution is -2.31. The number of carbonyl (C=O) groups is 1. The molecule has 19 heavy (non-hydrogen) atoms. The average Bonchev–Trinajstić information content (AvgIpc) is 2.38. The number of amides is 1. The Hall–Kier alpha value is -1.55. The van der Waals surface area contributed by atoms with E-state index in [0.717, 1.165) is 12.2 Å². The number of aryl methyl sites for hydroxylation is 1. The van der Waals surface area contributed by atoms with Crippen LogP contribution >= 0.6 is 0 Å². The van der Waals surface area contributed by atoms with Gasteiger partial charge in [-0.3, -0.25) is 4.79 Å². The van der Waals surface area contributed by atoms with Gasteiger partial charge in [-0.25, -0.2) is 0 Å². The maximum absolute atomic E-state index is 11.7. The maximum atomic E-state index is 11.7. The van der Waals surface area contributed by atoms with E-state index >= 15 is 0 Å². The van der Waals surface area contributed by atoms with Gasteiger partial charge in [-0.1, -0.05) is 17.7 Å². The summed E-state index contributed by atoms with van der Waals surface area (Å²) in [6.45, 7) is 5.04. The first-order valence-electron chi connectivity index (χ1n) is 6.68. The summed E-state index contributed by atoms with van der Waals surface area (Å²) in [5.41, 5.74) is 6.84. The zero-order chi connectivity index (χ0) is 14.3. The molecule has 0 aliphatic rings. The van der Waals surface area contributed by atoms with Gasteiger partial charge >= 0.3 is 0 Å². The van der Waals surface area contributed by atoms with Crippen LogP contribution in [0, 0.1) is 6.92 Å². The lowest BCUT2D eigenvalue weighted by Gasteiger charge is -2.18. The number of ether oxygens (including phenoxy) is 1. The van der Waals surface area contributed by atoms with Gasteiger partial charge in [-0.15, -0.1) is 0 Å². The van der Waals surface area contributed by atoms with Gasteiger partial charge in [0.1, 0.15) is 12.4 Å². The Morgan fingerprint density at radius 1 is 1.37 bits per heavy atom. The Labute approximate surface area is 115 Å². The van der Waals surface area contributed by atoms with E-state index in [1.54, 1.807) is 11.9 Å². The summed E-state index contributed by atoms with van der Waals surface area (Å²) in [6.07, 6.45) is 1.22. The maximum Gasteiger partial charge on any atom is 0.222 e. The smallest absolute Gasteiger partial charge is 0.222 e. The summed E-state index contributed by atoms with van der Waals surface area (Å²) in [7, 11) is 1.79. The minimum absolute atomic E-state index is 0.0705. The van der Waals surface area contributed by atoms with E-state index in [1.807, 2.05) is 38.1 Å². The number of benzene rings is 1. The number of carbonyl (C=O) groups excluding carboxylic acids is 1. The summed E-state index contributed by atoms with van der Waals surface area (Å²) >= 11 is 0. The zero-order valence-electron chi connectivity index (χ0n) is 12.1. The Morgan fingerprint density at radius 2 is 2.00 bits per heavy atom. The standard InChI is InChI=1S/C15H24N2O2/c1-12-4-7-14(8-5-12)19-11-10-17(3)15(18)9-6-13(2)16/h4-5,7-8,13H,6,9-11,16H2,1-3H3. The van der Waals surface area contributed by atoms with Gasteiger partial charge in [0, 0.05) is 19.5 Å². The number of nitrogens with two attached hydrogens (primary N) is 1. The lowest BCUT2D eigenvalue weighted by molar-refractivity contribution is -0.130. The molecule has 1 aromatic carbocycles. The zero-order valence-corrected chi connectivity index (χ0v) is 12.1. The van der Waals surface area contributed by atoms with Crippen LogP contribution in [0.15, 0.2) is 24.3 Å². The van der Waals surface area contributed by atoms with Crippen molar-refractivity contribution in [2.45, 2.75) is 32.7 Å². The third kappa shape index (κ3) is 6.25. The van der Waals surface area contributed by atoms with Crippen molar-refractivity contribution in [2.75, 3.05) is 20.2 Å². The van der Waals surface area contributed by atoms with Crippen molar-refractivity contribution in [2.24, 2.45) is 5.73 Å². The van der Waals surface area contributed by atoms with Crippen molar-refractivity contribution >= 4 is 5.91 Å². The normalized spacial score (nSPS) is 12.0. The van der Waals surface area contributed by atoms with Crippen LogP contribution in [0.25, 0.3) is 0 Å². The van der Waals surface area contributed by atoms with E-state index < -0.39 is 0 Å². The topological polar surface area (TPSA) is 55.6 Å². The van der Waals surface area contributed by atoms with E-state index in [9.17, 15) is 4.79 Å². The van der Waals surface area contributed by atoms with Crippen molar-refractivity contribution in [1.82, 2.24) is 4.90 Å². The molecule has 4 nitrogen and oxygen atoms in total. The van der Waals surface area contributed by atoms with Gasteiger partial charge < -0.3 is 15.4 Å². The number of hydrogen-bond donors (Lipinski definition) is 1. The van der Waals surface area contributed by atoms with Gasteiger partial charge in [0.05, 0.1) is 6.54 Å². The first-order chi connectivity index (χ1) is 8.99. The average molecular weight is 264 g/mol. The Balaban J connectivity index is 2.24. The van der Waals surface area contributed by atoms with Crippen LogP contribution < -0.4 is 10.5 Å². The Bertz CT molecular complexity index is 388. The number of rotatable bonds is 7. The second-order valence-corrected chi connectivity index (χ2v) is 4.99. The molecule has 1 atom stereocenters. The van der Waals surface area contributed by atoms with Crippen LogP contribution in [0.5, 0.6) is 5.75 Å². The molecule has 0 saturated heterocycles. The van der Waals surface area contributed by atoms with Crippen LogP contribution in [0.2, 0.25) is 0 Å². The van der Waals surface area contributed by atoms with Gasteiger partial charge in [0.15, 0.2) is 0 Å². The van der Waals surface area contributed by atoms with Crippen LogP contribution in [0.4, 0.5) is 0 Å². The number of hydrogen-bond acceptors (Lipinski definition) is 3. The van der Waals surface area contributed by atoms with Crippen molar-refractivity contribution in [3.05, 3.63) is 29.8 Å². The van der Waals surface area contributed by atoms with Gasteiger partial charge in [-0.05, 0) is 32.4 Å². The third-order valence-corrected chi connectivity index (χ3v) is 2.96. The van der Waals surface area contributed by atoms with Crippen LogP contribution in [0.1, 0.15) is 25.3 Å². The molecule has 2 N–H and O–H groups in total. The molecule has 0 fully saturated rings. The molecule has 0 saturated carbocycles. The molecule has 1 amide bonds. The fourth-order valence-corrected chi connectivity index (χ4v) is 1.60. The highest BCUT2D eigenvalue weighted by molar-refractivity contribution is 5.75. The van der Waals surface area contributed by atoms with Crippen molar-refractivity contribution in [3.63, 3.8) is 0 Å². The Kier molecular flexibility index (Phi) is 6.36. The highest BCUT2D eigenvalue weighted by Gasteiger charge is 2.09. The van der Waals surface area contributed by atoms with Gasteiger partial charge in [-0.2, -0.15) is 0 Å². The molecule has 1 aromatic rings. The third-order valence-electron chi connectivity index (χ3n) is 2.96. The molecular weight excluding hydrogens is 240 g/mol. The van der Waals surface area contributed by atoms with Gasteiger partial charge in [0.25, 0.3) is 0 Å². The first-order valence-corrected chi connectivity index (χ1v) is 6.68. The lowest BCUT2D eigenvalue weighted by atomic mass is 10.2. The van der Waals surface area contributed by atoms with E-state index in [1.165, 1.54) is 5.56 Å². The molecule has 0 radical (unpaired) electrons. The van der Waals surface area contributed by atoms with Crippen LogP contribution in [-0.2, 0) is 4.79 Å². The monoisotopic (exact) mass is 264 g/mol. The van der Waals surface area contributed by atoms with E-state index in [-0.39, 0.29) is 11.9 Å². The second kappa shape index (κ2) is 7.79. The SMILES string of the molecule is Cc1ccc(OCCN(C)C(=O)CCC(C)N)cc1. The summed E-state index contributed by atoms with van der Waals surface area (Å²) in [4.78, 5) is 13.4. The molecule has 0 aliphatic heterocycles.